The Morgan fingerprint density at radius 2 is 1.32 bits per heavy atom. The molecule has 0 fully saturated rings. The molecule has 0 amide bonds. The first-order chi connectivity index (χ1) is 15.3. The third-order valence-electron chi connectivity index (χ3n) is 6.21. The number of fused-ring (bicyclic) bond motifs is 3. The summed E-state index contributed by atoms with van der Waals surface area (Å²) in [5.41, 5.74) is 5.08. The SMILES string of the molecule is CCCCCCCCCOc1ccc2c(c1)CCc1nc(OCCCCCC)ccc1-2. The average Bonchev–Trinajstić information content (AvgIpc) is 2.80. The van der Waals surface area contributed by atoms with E-state index in [0.29, 0.717) is 0 Å². The van der Waals surface area contributed by atoms with Crippen LogP contribution in [0.25, 0.3) is 11.1 Å². The summed E-state index contributed by atoms with van der Waals surface area (Å²) in [6, 6.07) is 10.8. The van der Waals surface area contributed by atoms with Crippen molar-refractivity contribution in [1.82, 2.24) is 4.98 Å². The van der Waals surface area contributed by atoms with Crippen LogP contribution in [0.15, 0.2) is 30.3 Å². The zero-order valence-electron chi connectivity index (χ0n) is 19.8. The zero-order valence-corrected chi connectivity index (χ0v) is 19.8. The molecule has 170 valence electrons. The maximum atomic E-state index is 6.04. The minimum atomic E-state index is 0.766. The van der Waals surface area contributed by atoms with Crippen molar-refractivity contribution >= 4 is 0 Å². The Bertz CT molecular complexity index is 787. The molecular formula is C28H41NO2. The highest BCUT2D eigenvalue weighted by Gasteiger charge is 2.18. The fourth-order valence-electron chi connectivity index (χ4n) is 4.33. The third-order valence-corrected chi connectivity index (χ3v) is 6.21. The van der Waals surface area contributed by atoms with Gasteiger partial charge < -0.3 is 9.47 Å². The summed E-state index contributed by atoms with van der Waals surface area (Å²) in [6.45, 7) is 6.09. The van der Waals surface area contributed by atoms with E-state index in [4.69, 9.17) is 14.5 Å². The molecule has 0 unspecified atom stereocenters. The van der Waals surface area contributed by atoms with Crippen LogP contribution < -0.4 is 9.47 Å². The van der Waals surface area contributed by atoms with Crippen molar-refractivity contribution in [3.63, 3.8) is 0 Å². The van der Waals surface area contributed by atoms with Crippen LogP contribution in [0.2, 0.25) is 0 Å². The summed E-state index contributed by atoms with van der Waals surface area (Å²) in [5.74, 6) is 1.78. The fraction of sp³-hybridized carbons (Fsp3) is 0.607. The summed E-state index contributed by atoms with van der Waals surface area (Å²) in [4.78, 5) is 4.80. The number of unbranched alkanes of at least 4 members (excludes halogenated alkanes) is 9. The van der Waals surface area contributed by atoms with Crippen molar-refractivity contribution in [2.45, 2.75) is 97.3 Å². The van der Waals surface area contributed by atoms with Crippen molar-refractivity contribution in [2.24, 2.45) is 0 Å². The van der Waals surface area contributed by atoms with Gasteiger partial charge in [0.2, 0.25) is 5.88 Å². The highest BCUT2D eigenvalue weighted by atomic mass is 16.5. The standard InChI is InChI=1S/C28H41NO2/c1-3-5-7-9-10-11-13-20-30-24-15-16-25-23(22-24)14-18-27-26(25)17-19-28(29-27)31-21-12-8-6-4-2/h15-17,19,22H,3-14,18,20-21H2,1-2H3. The van der Waals surface area contributed by atoms with E-state index < -0.39 is 0 Å². The van der Waals surface area contributed by atoms with Crippen LogP contribution in [-0.4, -0.2) is 18.2 Å². The van der Waals surface area contributed by atoms with E-state index in [-0.39, 0.29) is 0 Å². The lowest BCUT2D eigenvalue weighted by Gasteiger charge is -2.20. The molecule has 0 atom stereocenters. The second-order valence-electron chi connectivity index (χ2n) is 8.84. The Hall–Kier alpha value is -2.03. The predicted octanol–water partition coefficient (Wildman–Crippen LogP) is 7.94. The third kappa shape index (κ3) is 7.55. The van der Waals surface area contributed by atoms with Crippen LogP contribution in [0, 0.1) is 0 Å². The number of ether oxygens (including phenoxy) is 2. The minimum absolute atomic E-state index is 0.766. The Morgan fingerprint density at radius 1 is 0.677 bits per heavy atom. The molecule has 1 aliphatic carbocycles. The van der Waals surface area contributed by atoms with E-state index in [9.17, 15) is 0 Å². The van der Waals surface area contributed by atoms with Gasteiger partial charge in [0.05, 0.1) is 18.9 Å². The Labute approximate surface area is 189 Å². The summed E-state index contributed by atoms with van der Waals surface area (Å²) in [5, 5.41) is 0. The first-order valence-corrected chi connectivity index (χ1v) is 12.7. The van der Waals surface area contributed by atoms with Gasteiger partial charge in [-0.05, 0) is 55.0 Å². The van der Waals surface area contributed by atoms with Crippen molar-refractivity contribution < 1.29 is 9.47 Å². The topological polar surface area (TPSA) is 31.4 Å². The van der Waals surface area contributed by atoms with Crippen LogP contribution in [0.3, 0.4) is 0 Å². The largest absolute Gasteiger partial charge is 0.494 e. The van der Waals surface area contributed by atoms with E-state index in [1.165, 1.54) is 74.5 Å². The molecule has 3 rings (SSSR count). The lowest BCUT2D eigenvalue weighted by molar-refractivity contribution is 0.293. The second-order valence-corrected chi connectivity index (χ2v) is 8.84. The Morgan fingerprint density at radius 3 is 2.10 bits per heavy atom. The molecule has 2 aromatic rings. The Kier molecular flexibility index (Phi) is 10.2. The average molecular weight is 424 g/mol. The normalized spacial score (nSPS) is 12.3. The number of aromatic nitrogens is 1. The summed E-state index contributed by atoms with van der Waals surface area (Å²) >= 11 is 0. The lowest BCUT2D eigenvalue weighted by atomic mass is 9.88. The number of hydrogen-bond acceptors (Lipinski definition) is 3. The quantitative estimate of drug-likeness (QED) is 0.272. The number of benzene rings is 1. The first-order valence-electron chi connectivity index (χ1n) is 12.7. The van der Waals surface area contributed by atoms with Gasteiger partial charge in [-0.25, -0.2) is 4.98 Å². The van der Waals surface area contributed by atoms with Gasteiger partial charge in [0, 0.05) is 11.6 Å². The predicted molar refractivity (Wildman–Crippen MR) is 130 cm³/mol. The summed E-state index contributed by atoms with van der Waals surface area (Å²) in [6.07, 6.45) is 16.1. The van der Waals surface area contributed by atoms with Gasteiger partial charge in [-0.3, -0.25) is 0 Å². The number of rotatable bonds is 15. The molecule has 1 aromatic heterocycles. The van der Waals surface area contributed by atoms with Crippen LogP contribution in [0.5, 0.6) is 11.6 Å². The van der Waals surface area contributed by atoms with Crippen molar-refractivity contribution in [1.29, 1.82) is 0 Å². The van der Waals surface area contributed by atoms with Gasteiger partial charge in [-0.15, -0.1) is 0 Å². The number of pyridine rings is 1. The molecule has 0 bridgehead atoms. The molecule has 1 aromatic carbocycles. The van der Waals surface area contributed by atoms with Crippen molar-refractivity contribution in [3.05, 3.63) is 41.6 Å². The minimum Gasteiger partial charge on any atom is -0.494 e. The molecule has 1 aliphatic rings. The molecule has 0 N–H and O–H groups in total. The zero-order chi connectivity index (χ0) is 21.7. The fourth-order valence-corrected chi connectivity index (χ4v) is 4.33. The number of aryl methyl sites for hydroxylation is 2. The van der Waals surface area contributed by atoms with Crippen LogP contribution >= 0.6 is 0 Å². The number of nitrogens with zero attached hydrogens (tertiary/aromatic N) is 1. The van der Waals surface area contributed by atoms with E-state index in [2.05, 4.69) is 38.1 Å². The van der Waals surface area contributed by atoms with Gasteiger partial charge in [-0.1, -0.05) is 77.7 Å². The molecular weight excluding hydrogens is 382 g/mol. The maximum absolute atomic E-state index is 6.04. The monoisotopic (exact) mass is 423 g/mol. The molecule has 3 nitrogen and oxygen atoms in total. The van der Waals surface area contributed by atoms with Crippen molar-refractivity contribution in [2.75, 3.05) is 13.2 Å². The Balaban J connectivity index is 1.47. The van der Waals surface area contributed by atoms with Gasteiger partial charge in [0.15, 0.2) is 0 Å². The lowest BCUT2D eigenvalue weighted by Crippen LogP contribution is -2.08. The molecule has 0 saturated carbocycles. The maximum Gasteiger partial charge on any atom is 0.213 e. The van der Waals surface area contributed by atoms with E-state index in [1.807, 2.05) is 6.07 Å². The molecule has 0 spiro atoms. The molecule has 1 heterocycles. The molecule has 0 saturated heterocycles. The highest BCUT2D eigenvalue weighted by Crippen LogP contribution is 2.35. The van der Waals surface area contributed by atoms with Gasteiger partial charge in [0.1, 0.15) is 5.75 Å². The molecule has 3 heteroatoms. The highest BCUT2D eigenvalue weighted by molar-refractivity contribution is 5.73. The van der Waals surface area contributed by atoms with Crippen LogP contribution in [0.4, 0.5) is 0 Å². The van der Waals surface area contributed by atoms with Gasteiger partial charge in [0.25, 0.3) is 0 Å². The van der Waals surface area contributed by atoms with E-state index in [0.717, 1.165) is 56.2 Å². The summed E-state index contributed by atoms with van der Waals surface area (Å²) < 4.78 is 11.9. The molecule has 0 aliphatic heterocycles. The smallest absolute Gasteiger partial charge is 0.213 e. The van der Waals surface area contributed by atoms with E-state index >= 15 is 0 Å². The van der Waals surface area contributed by atoms with Gasteiger partial charge >= 0.3 is 0 Å². The van der Waals surface area contributed by atoms with Gasteiger partial charge in [-0.2, -0.15) is 0 Å². The van der Waals surface area contributed by atoms with Crippen LogP contribution in [-0.2, 0) is 12.8 Å². The molecule has 31 heavy (non-hydrogen) atoms. The first kappa shape index (κ1) is 23.6. The van der Waals surface area contributed by atoms with E-state index in [1.54, 1.807) is 0 Å². The second kappa shape index (κ2) is 13.4. The molecule has 0 radical (unpaired) electrons. The summed E-state index contributed by atoms with van der Waals surface area (Å²) in [7, 11) is 0. The van der Waals surface area contributed by atoms with Crippen LogP contribution in [0.1, 0.15) is 95.7 Å². The van der Waals surface area contributed by atoms with Crippen molar-refractivity contribution in [3.8, 4) is 22.8 Å². The number of hydrogen-bond donors (Lipinski definition) is 0.